The van der Waals surface area contributed by atoms with Crippen LogP contribution in [-0.4, -0.2) is 47.9 Å². The molecule has 158 valence electrons. The Morgan fingerprint density at radius 1 is 1.03 bits per heavy atom. The predicted octanol–water partition coefficient (Wildman–Crippen LogP) is 3.07. The number of nitro groups is 1. The molecule has 9 nitrogen and oxygen atoms in total. The minimum absolute atomic E-state index is 0.0343. The molecule has 1 aliphatic rings. The smallest absolute Gasteiger partial charge is 0.321 e. The lowest BCUT2D eigenvalue weighted by Crippen LogP contribution is -2.47. The number of rotatable bonds is 7. The van der Waals surface area contributed by atoms with Crippen LogP contribution in [0.4, 0.5) is 21.9 Å². The first-order valence-electron chi connectivity index (χ1n) is 9.90. The van der Waals surface area contributed by atoms with Crippen LogP contribution in [0.3, 0.4) is 0 Å². The number of hydrogen-bond acceptors (Lipinski definition) is 5. The Morgan fingerprint density at radius 2 is 1.77 bits per heavy atom. The van der Waals surface area contributed by atoms with Gasteiger partial charge in [0.05, 0.1) is 10.8 Å². The first-order valence-corrected chi connectivity index (χ1v) is 9.90. The van der Waals surface area contributed by atoms with Gasteiger partial charge in [-0.05, 0) is 37.1 Å². The maximum Gasteiger partial charge on any atom is 0.321 e. The molecule has 1 saturated heterocycles. The fourth-order valence-corrected chi connectivity index (χ4v) is 3.34. The Kier molecular flexibility index (Phi) is 7.20. The highest BCUT2D eigenvalue weighted by atomic mass is 16.6. The lowest BCUT2D eigenvalue weighted by atomic mass is 9.97. The zero-order chi connectivity index (χ0) is 21.3. The van der Waals surface area contributed by atoms with Crippen LogP contribution in [0.2, 0.25) is 0 Å². The number of para-hydroxylation sites is 1. The van der Waals surface area contributed by atoms with E-state index in [4.69, 9.17) is 0 Å². The van der Waals surface area contributed by atoms with E-state index in [9.17, 15) is 19.7 Å². The van der Waals surface area contributed by atoms with Gasteiger partial charge in [0.1, 0.15) is 0 Å². The summed E-state index contributed by atoms with van der Waals surface area (Å²) in [5, 5.41) is 19.5. The second-order valence-corrected chi connectivity index (χ2v) is 7.10. The molecule has 3 N–H and O–H groups in total. The summed E-state index contributed by atoms with van der Waals surface area (Å²) < 4.78 is 0. The van der Waals surface area contributed by atoms with E-state index in [-0.39, 0.29) is 23.5 Å². The molecule has 0 saturated carbocycles. The number of nitrogens with one attached hydrogen (secondary N) is 3. The number of benzene rings is 2. The van der Waals surface area contributed by atoms with Crippen molar-refractivity contribution in [1.82, 2.24) is 10.2 Å². The molecule has 1 heterocycles. The molecule has 2 aromatic carbocycles. The fraction of sp³-hybridized carbons (Fsp3) is 0.333. The van der Waals surface area contributed by atoms with Crippen LogP contribution in [0.1, 0.15) is 12.8 Å². The zero-order valence-corrected chi connectivity index (χ0v) is 16.5. The second kappa shape index (κ2) is 10.2. The summed E-state index contributed by atoms with van der Waals surface area (Å²) >= 11 is 0. The summed E-state index contributed by atoms with van der Waals surface area (Å²) in [6.45, 7) is 1.93. The van der Waals surface area contributed by atoms with Gasteiger partial charge in [0.25, 0.3) is 5.69 Å². The molecule has 3 rings (SSSR count). The van der Waals surface area contributed by atoms with Crippen molar-refractivity contribution < 1.29 is 14.5 Å². The summed E-state index contributed by atoms with van der Waals surface area (Å²) in [4.78, 5) is 36.8. The summed E-state index contributed by atoms with van der Waals surface area (Å²) in [5.74, 6) is -0.308. The van der Waals surface area contributed by atoms with E-state index in [0.29, 0.717) is 26.2 Å². The molecule has 2 aromatic rings. The number of carbonyl (C=O) groups excluding carboxylic acids is 2. The van der Waals surface area contributed by atoms with Gasteiger partial charge in [-0.25, -0.2) is 4.79 Å². The first-order chi connectivity index (χ1) is 14.5. The molecule has 1 fully saturated rings. The van der Waals surface area contributed by atoms with Crippen LogP contribution in [0.15, 0.2) is 54.6 Å². The number of non-ortho nitro benzene ring substituents is 1. The molecule has 0 spiro atoms. The highest BCUT2D eigenvalue weighted by molar-refractivity contribution is 5.90. The third-order valence-corrected chi connectivity index (χ3v) is 4.94. The van der Waals surface area contributed by atoms with E-state index in [2.05, 4.69) is 16.0 Å². The lowest BCUT2D eigenvalue weighted by molar-refractivity contribution is -0.384. The van der Waals surface area contributed by atoms with Crippen LogP contribution >= 0.6 is 0 Å². The van der Waals surface area contributed by atoms with Gasteiger partial charge in [-0.3, -0.25) is 14.9 Å². The molecular formula is C21H25N5O4. The van der Waals surface area contributed by atoms with Crippen LogP contribution in [0, 0.1) is 16.0 Å². The average Bonchev–Trinajstić information content (AvgIpc) is 2.77. The number of anilines is 2. The van der Waals surface area contributed by atoms with Gasteiger partial charge in [0, 0.05) is 49.7 Å². The number of carbonyl (C=O) groups is 2. The number of piperidine rings is 1. The van der Waals surface area contributed by atoms with Gasteiger partial charge in [-0.15, -0.1) is 0 Å². The number of nitrogens with zero attached hydrogens (tertiary/aromatic N) is 2. The van der Waals surface area contributed by atoms with Crippen LogP contribution in [0.5, 0.6) is 0 Å². The largest absolute Gasteiger partial charge is 0.383 e. The minimum Gasteiger partial charge on any atom is -0.383 e. The van der Waals surface area contributed by atoms with Gasteiger partial charge in [-0.2, -0.15) is 0 Å². The zero-order valence-electron chi connectivity index (χ0n) is 16.5. The maximum atomic E-state index is 12.5. The Hall–Kier alpha value is -3.62. The Balaban J connectivity index is 1.40. The van der Waals surface area contributed by atoms with Crippen LogP contribution in [0.25, 0.3) is 0 Å². The van der Waals surface area contributed by atoms with Crippen molar-refractivity contribution in [3.8, 4) is 0 Å². The van der Waals surface area contributed by atoms with E-state index in [1.807, 2.05) is 30.3 Å². The third kappa shape index (κ3) is 5.94. The quantitative estimate of drug-likeness (QED) is 0.368. The summed E-state index contributed by atoms with van der Waals surface area (Å²) in [6, 6.07) is 15.2. The topological polar surface area (TPSA) is 117 Å². The fourth-order valence-electron chi connectivity index (χ4n) is 3.34. The standard InChI is InChI=1S/C21H25N5O4/c27-20(23-13-12-22-17-8-10-19(11-9-17)26(29)30)16-5-4-14-25(15-16)21(28)24-18-6-2-1-3-7-18/h1-3,6-11,16,22H,4-5,12-15H2,(H,23,27)(H,24,28)/t16-/m0/s1. The number of urea groups is 1. The Labute approximate surface area is 174 Å². The molecule has 1 atom stereocenters. The number of amides is 3. The van der Waals surface area contributed by atoms with Crippen molar-refractivity contribution in [3.63, 3.8) is 0 Å². The summed E-state index contributed by atoms with van der Waals surface area (Å²) in [7, 11) is 0. The average molecular weight is 411 g/mol. The van der Waals surface area contributed by atoms with Crippen molar-refractivity contribution in [1.29, 1.82) is 0 Å². The van der Waals surface area contributed by atoms with Crippen molar-refractivity contribution >= 4 is 29.0 Å². The van der Waals surface area contributed by atoms with E-state index in [1.54, 1.807) is 17.0 Å². The minimum atomic E-state index is -0.447. The number of nitro benzene ring substituents is 1. The van der Waals surface area contributed by atoms with Gasteiger partial charge < -0.3 is 20.9 Å². The van der Waals surface area contributed by atoms with Crippen molar-refractivity contribution in [2.24, 2.45) is 5.92 Å². The molecule has 0 unspecified atom stereocenters. The number of hydrogen-bond donors (Lipinski definition) is 3. The highest BCUT2D eigenvalue weighted by Gasteiger charge is 2.28. The monoisotopic (exact) mass is 411 g/mol. The van der Waals surface area contributed by atoms with Crippen molar-refractivity contribution in [2.45, 2.75) is 12.8 Å². The SMILES string of the molecule is O=C(NCCNc1ccc([N+](=O)[O-])cc1)[C@H]1CCCN(C(=O)Nc2ccccc2)C1. The molecule has 3 amide bonds. The van der Waals surface area contributed by atoms with Crippen LogP contribution in [-0.2, 0) is 4.79 Å². The van der Waals surface area contributed by atoms with E-state index in [1.165, 1.54) is 12.1 Å². The highest BCUT2D eigenvalue weighted by Crippen LogP contribution is 2.18. The summed E-state index contributed by atoms with van der Waals surface area (Å²) in [5.41, 5.74) is 1.51. The summed E-state index contributed by atoms with van der Waals surface area (Å²) in [6.07, 6.45) is 1.53. The second-order valence-electron chi connectivity index (χ2n) is 7.10. The molecule has 9 heteroatoms. The van der Waals surface area contributed by atoms with Gasteiger partial charge in [0.15, 0.2) is 0 Å². The van der Waals surface area contributed by atoms with E-state index in [0.717, 1.165) is 24.2 Å². The molecular weight excluding hydrogens is 386 g/mol. The molecule has 0 aliphatic carbocycles. The van der Waals surface area contributed by atoms with Crippen molar-refractivity contribution in [2.75, 3.05) is 36.8 Å². The molecule has 1 aliphatic heterocycles. The van der Waals surface area contributed by atoms with Crippen LogP contribution < -0.4 is 16.0 Å². The van der Waals surface area contributed by atoms with E-state index >= 15 is 0 Å². The predicted molar refractivity (Wildman–Crippen MR) is 114 cm³/mol. The molecule has 30 heavy (non-hydrogen) atoms. The maximum absolute atomic E-state index is 12.5. The van der Waals surface area contributed by atoms with Crippen molar-refractivity contribution in [3.05, 3.63) is 64.7 Å². The normalized spacial score (nSPS) is 15.9. The first kappa shape index (κ1) is 21.1. The van der Waals surface area contributed by atoms with Gasteiger partial charge in [0.2, 0.25) is 5.91 Å². The van der Waals surface area contributed by atoms with Gasteiger partial charge in [-0.1, -0.05) is 18.2 Å². The number of likely N-dealkylation sites (tertiary alicyclic amines) is 1. The Morgan fingerprint density at radius 3 is 2.47 bits per heavy atom. The van der Waals surface area contributed by atoms with Gasteiger partial charge >= 0.3 is 6.03 Å². The Bertz CT molecular complexity index is 873. The molecule has 0 radical (unpaired) electrons. The molecule has 0 aromatic heterocycles. The third-order valence-electron chi connectivity index (χ3n) is 4.94. The van der Waals surface area contributed by atoms with E-state index < -0.39 is 4.92 Å². The molecule has 0 bridgehead atoms. The lowest BCUT2D eigenvalue weighted by Gasteiger charge is -2.32.